The topological polar surface area (TPSA) is 20.2 Å². The van der Waals surface area contributed by atoms with Crippen molar-refractivity contribution in [1.82, 2.24) is 0 Å². The van der Waals surface area contributed by atoms with E-state index in [4.69, 9.17) is 11.6 Å². The van der Waals surface area contributed by atoms with Crippen LogP contribution in [-0.2, 0) is 0 Å². The van der Waals surface area contributed by atoms with Gasteiger partial charge in [0.25, 0.3) is 0 Å². The van der Waals surface area contributed by atoms with Crippen molar-refractivity contribution in [1.29, 1.82) is 0 Å². The minimum Gasteiger partial charge on any atom is -0.384 e. The Labute approximate surface area is 145 Å². The Morgan fingerprint density at radius 2 is 1.84 bits per heavy atom. The van der Waals surface area contributed by atoms with E-state index >= 15 is 0 Å². The third-order valence-corrected chi connectivity index (χ3v) is 5.35. The van der Waals surface area contributed by atoms with Gasteiger partial charge in [0.1, 0.15) is 11.9 Å². The Hall–Kier alpha value is 0.310. The number of hydrogen-bond acceptors (Lipinski definition) is 1. The molecule has 2 aromatic rings. The molecule has 100 valence electrons. The quantitative estimate of drug-likeness (QED) is 0.399. The van der Waals surface area contributed by atoms with Crippen LogP contribution in [0.2, 0.25) is 5.02 Å². The Morgan fingerprint density at radius 1 is 1.16 bits per heavy atom. The minimum absolute atomic E-state index is 0.0263. The van der Waals surface area contributed by atoms with Gasteiger partial charge in [-0.2, -0.15) is 0 Å². The zero-order valence-corrected chi connectivity index (χ0v) is 15.4. The molecule has 6 heteroatoms. The van der Waals surface area contributed by atoms with Crippen LogP contribution in [-0.4, -0.2) is 5.11 Å². The third kappa shape index (κ3) is 3.32. The van der Waals surface area contributed by atoms with Crippen molar-refractivity contribution < 1.29 is 9.50 Å². The molecule has 0 aliphatic carbocycles. The van der Waals surface area contributed by atoms with Gasteiger partial charge in [0.15, 0.2) is 0 Å². The van der Waals surface area contributed by atoms with Crippen molar-refractivity contribution in [2.24, 2.45) is 0 Å². The number of rotatable bonds is 2. The summed E-state index contributed by atoms with van der Waals surface area (Å²) >= 11 is 14.4. The van der Waals surface area contributed by atoms with Gasteiger partial charge in [0.05, 0.1) is 5.02 Å². The summed E-state index contributed by atoms with van der Waals surface area (Å²) in [6.45, 7) is 0. The Kier molecular flexibility index (Phi) is 5.28. The molecule has 0 aliphatic heterocycles. The van der Waals surface area contributed by atoms with Crippen LogP contribution in [0.25, 0.3) is 0 Å². The van der Waals surface area contributed by atoms with Crippen LogP contribution in [0, 0.1) is 9.39 Å². The van der Waals surface area contributed by atoms with Gasteiger partial charge in [-0.25, -0.2) is 4.39 Å². The smallest absolute Gasteiger partial charge is 0.149 e. The number of hydrogen-bond donors (Lipinski definition) is 1. The molecule has 0 heterocycles. The lowest BCUT2D eigenvalue weighted by molar-refractivity contribution is 0.214. The maximum atomic E-state index is 14.1. The summed E-state index contributed by atoms with van der Waals surface area (Å²) in [5.74, 6) is -0.612. The highest BCUT2D eigenvalue weighted by atomic mass is 127. The second-order valence-electron chi connectivity index (χ2n) is 3.83. The Morgan fingerprint density at radius 3 is 2.53 bits per heavy atom. The van der Waals surface area contributed by atoms with Gasteiger partial charge in [0.2, 0.25) is 0 Å². The fourth-order valence-electron chi connectivity index (χ4n) is 1.64. The predicted molar refractivity (Wildman–Crippen MR) is 90.0 cm³/mol. The first-order valence-electron chi connectivity index (χ1n) is 5.18. The summed E-state index contributed by atoms with van der Waals surface area (Å²) in [6.07, 6.45) is -1.06. The summed E-state index contributed by atoms with van der Waals surface area (Å²) in [4.78, 5) is 0. The highest BCUT2D eigenvalue weighted by Crippen LogP contribution is 2.35. The van der Waals surface area contributed by atoms with Gasteiger partial charge in [-0.05, 0) is 68.3 Å². The van der Waals surface area contributed by atoms with Gasteiger partial charge in [0, 0.05) is 18.1 Å². The van der Waals surface area contributed by atoms with Gasteiger partial charge in [-0.15, -0.1) is 0 Å². The predicted octanol–water partition coefficient (Wildman–Crippen LogP) is 5.69. The molecule has 2 rings (SSSR count). The van der Waals surface area contributed by atoms with Crippen LogP contribution in [0.3, 0.4) is 0 Å². The molecule has 0 amide bonds. The molecule has 0 saturated heterocycles. The van der Waals surface area contributed by atoms with Crippen molar-refractivity contribution in [2.45, 2.75) is 6.10 Å². The molecule has 0 aromatic heterocycles. The Bertz CT molecular complexity index is 636. The van der Waals surface area contributed by atoms with Crippen molar-refractivity contribution in [3.05, 3.63) is 64.8 Å². The molecular weight excluding hydrogens is 513 g/mol. The maximum Gasteiger partial charge on any atom is 0.149 e. The number of benzene rings is 2. The van der Waals surface area contributed by atoms with E-state index in [1.807, 2.05) is 12.1 Å². The van der Waals surface area contributed by atoms with E-state index in [0.29, 0.717) is 10.0 Å². The largest absolute Gasteiger partial charge is 0.384 e. The molecular formula is C13H7Br2ClFIO. The molecule has 0 saturated carbocycles. The fourth-order valence-corrected chi connectivity index (χ4v) is 3.13. The van der Waals surface area contributed by atoms with Crippen molar-refractivity contribution in [3.63, 3.8) is 0 Å². The molecule has 1 N–H and O–H groups in total. The molecule has 0 spiro atoms. The molecule has 1 nitrogen and oxygen atoms in total. The highest BCUT2D eigenvalue weighted by Gasteiger charge is 2.20. The normalized spacial score (nSPS) is 12.5. The van der Waals surface area contributed by atoms with Gasteiger partial charge < -0.3 is 5.11 Å². The molecule has 0 radical (unpaired) electrons. The molecule has 0 aliphatic rings. The highest BCUT2D eigenvalue weighted by molar-refractivity contribution is 14.1. The van der Waals surface area contributed by atoms with Crippen LogP contribution < -0.4 is 0 Å². The van der Waals surface area contributed by atoms with Crippen molar-refractivity contribution in [3.8, 4) is 0 Å². The van der Waals surface area contributed by atoms with E-state index < -0.39 is 11.9 Å². The van der Waals surface area contributed by atoms with Gasteiger partial charge in [-0.1, -0.05) is 33.6 Å². The van der Waals surface area contributed by atoms with Crippen LogP contribution in [0.15, 0.2) is 39.3 Å². The second kappa shape index (κ2) is 6.39. The first kappa shape index (κ1) is 15.7. The zero-order chi connectivity index (χ0) is 14.2. The lowest BCUT2D eigenvalue weighted by atomic mass is 10.0. The SMILES string of the molecule is OC(c1cc(Br)ccc1I)c1ccc(Br)c(Cl)c1F. The van der Waals surface area contributed by atoms with Crippen LogP contribution >= 0.6 is 66.1 Å². The summed E-state index contributed by atoms with van der Waals surface area (Å²) in [5.41, 5.74) is 0.788. The van der Waals surface area contributed by atoms with Crippen molar-refractivity contribution >= 4 is 66.1 Å². The minimum atomic E-state index is -1.06. The molecule has 1 atom stereocenters. The lowest BCUT2D eigenvalue weighted by Gasteiger charge is -2.15. The van der Waals surface area contributed by atoms with Crippen LogP contribution in [0.1, 0.15) is 17.2 Å². The molecule has 1 unspecified atom stereocenters. The number of aliphatic hydroxyl groups is 1. The van der Waals surface area contributed by atoms with E-state index in [9.17, 15) is 9.50 Å². The van der Waals surface area contributed by atoms with E-state index in [-0.39, 0.29) is 10.6 Å². The van der Waals surface area contributed by atoms with E-state index in [0.717, 1.165) is 8.04 Å². The molecule has 0 fully saturated rings. The number of halogens is 5. The fraction of sp³-hybridized carbons (Fsp3) is 0.0769. The van der Waals surface area contributed by atoms with E-state index in [1.54, 1.807) is 12.1 Å². The maximum absolute atomic E-state index is 14.1. The number of aliphatic hydroxyl groups excluding tert-OH is 1. The average Bonchev–Trinajstić information content (AvgIpc) is 2.38. The Balaban J connectivity index is 2.53. The van der Waals surface area contributed by atoms with Crippen molar-refractivity contribution in [2.75, 3.05) is 0 Å². The molecule has 2 aromatic carbocycles. The third-order valence-electron chi connectivity index (χ3n) is 2.61. The standard InChI is InChI=1S/C13H7Br2ClFIO/c14-6-1-4-10(18)8(5-6)13(19)7-2-3-9(15)11(16)12(7)17/h1-5,13,19H. The summed E-state index contributed by atoms with van der Waals surface area (Å²) < 4.78 is 16.2. The summed E-state index contributed by atoms with van der Waals surface area (Å²) in [6, 6.07) is 8.62. The summed E-state index contributed by atoms with van der Waals surface area (Å²) in [7, 11) is 0. The van der Waals surface area contributed by atoms with Crippen LogP contribution in [0.5, 0.6) is 0 Å². The first-order valence-corrected chi connectivity index (χ1v) is 8.22. The lowest BCUT2D eigenvalue weighted by Crippen LogP contribution is -2.05. The summed E-state index contributed by atoms with van der Waals surface area (Å²) in [5, 5.41) is 10.3. The van der Waals surface area contributed by atoms with Gasteiger partial charge >= 0.3 is 0 Å². The van der Waals surface area contributed by atoms with E-state index in [2.05, 4.69) is 54.5 Å². The van der Waals surface area contributed by atoms with Crippen LogP contribution in [0.4, 0.5) is 4.39 Å². The first-order chi connectivity index (χ1) is 8.91. The average molecular weight is 520 g/mol. The van der Waals surface area contributed by atoms with Gasteiger partial charge in [-0.3, -0.25) is 0 Å². The van der Waals surface area contributed by atoms with E-state index in [1.165, 1.54) is 6.07 Å². The molecule has 0 bridgehead atoms. The molecule has 19 heavy (non-hydrogen) atoms. The zero-order valence-electron chi connectivity index (χ0n) is 9.30. The second-order valence-corrected chi connectivity index (χ2v) is 7.14. The monoisotopic (exact) mass is 518 g/mol.